The number of carbonyl (C=O) groups is 1. The lowest BCUT2D eigenvalue weighted by molar-refractivity contribution is -0.262. The first-order valence-electron chi connectivity index (χ1n) is 8.88. The molecule has 29 heavy (non-hydrogen) atoms. The molecule has 2 aliphatic rings. The van der Waals surface area contributed by atoms with Gasteiger partial charge < -0.3 is 15.4 Å². The minimum absolute atomic E-state index is 0.219. The van der Waals surface area contributed by atoms with E-state index in [9.17, 15) is 15.3 Å². The predicted octanol–water partition coefficient (Wildman–Crippen LogP) is 2.37. The van der Waals surface area contributed by atoms with Crippen molar-refractivity contribution in [3.05, 3.63) is 35.9 Å². The van der Waals surface area contributed by atoms with Crippen LogP contribution < -0.4 is 5.73 Å². The number of Topliss-reactive ketones (excluding diaryl/α,β-unsaturated/α-hetero) is 1. The zero-order valence-electron chi connectivity index (χ0n) is 16.5. The number of hydrogen-bond acceptors (Lipinski definition) is 9. The molecule has 1 aromatic carbocycles. The molecule has 148 valence electrons. The Morgan fingerprint density at radius 1 is 1.07 bits per heavy atom. The summed E-state index contributed by atoms with van der Waals surface area (Å²) in [6, 6.07) is 12.4. The highest BCUT2D eigenvalue weighted by molar-refractivity contribution is 6.12. The van der Waals surface area contributed by atoms with E-state index in [0.717, 1.165) is 0 Å². The van der Waals surface area contributed by atoms with E-state index >= 15 is 0 Å². The van der Waals surface area contributed by atoms with Gasteiger partial charge in [0, 0.05) is 5.56 Å². The Bertz CT molecular complexity index is 1000. The van der Waals surface area contributed by atoms with E-state index in [1.165, 1.54) is 0 Å². The summed E-state index contributed by atoms with van der Waals surface area (Å²) in [6.45, 7) is 6.67. The predicted molar refractivity (Wildman–Crippen MR) is 104 cm³/mol. The summed E-state index contributed by atoms with van der Waals surface area (Å²) < 4.78 is 0. The summed E-state index contributed by atoms with van der Waals surface area (Å²) in [5.74, 6) is -3.96. The molecule has 1 aliphatic carbocycles. The molecule has 9 nitrogen and oxygen atoms in total. The van der Waals surface area contributed by atoms with Crippen LogP contribution in [0.4, 0.5) is 0 Å². The molecule has 0 radical (unpaired) electrons. The van der Waals surface area contributed by atoms with E-state index in [1.54, 1.807) is 58.0 Å². The Morgan fingerprint density at radius 3 is 2.07 bits per heavy atom. The average molecular weight is 392 g/mol. The Kier molecular flexibility index (Phi) is 4.63. The second kappa shape index (κ2) is 6.71. The quantitative estimate of drug-likeness (QED) is 0.340. The van der Waals surface area contributed by atoms with Gasteiger partial charge in [-0.1, -0.05) is 40.6 Å². The maximum absolute atomic E-state index is 13.3. The fourth-order valence-electron chi connectivity index (χ4n) is 3.69. The van der Waals surface area contributed by atoms with Gasteiger partial charge in [0.15, 0.2) is 11.2 Å². The topological polar surface area (TPSA) is 146 Å². The number of ketones is 1. The van der Waals surface area contributed by atoms with Gasteiger partial charge in [0.05, 0.1) is 29.5 Å². The van der Waals surface area contributed by atoms with Crippen molar-refractivity contribution in [3.63, 3.8) is 0 Å². The van der Waals surface area contributed by atoms with Gasteiger partial charge in [-0.3, -0.25) is 4.79 Å². The summed E-state index contributed by atoms with van der Waals surface area (Å²) in [7, 11) is 0. The molecule has 0 aromatic heterocycles. The van der Waals surface area contributed by atoms with Crippen LogP contribution >= 0.6 is 0 Å². The Morgan fingerprint density at radius 2 is 1.62 bits per heavy atom. The molecule has 1 aliphatic heterocycles. The lowest BCUT2D eigenvalue weighted by Gasteiger charge is -2.27. The second-order valence-corrected chi connectivity index (χ2v) is 7.34. The number of oxime groups is 2. The van der Waals surface area contributed by atoms with Crippen molar-refractivity contribution in [1.29, 1.82) is 10.5 Å². The molecule has 1 aromatic rings. The van der Waals surface area contributed by atoms with E-state index in [1.807, 2.05) is 12.1 Å². The molecule has 0 spiro atoms. The Balaban J connectivity index is 2.20. The molecule has 3 rings (SSSR count). The summed E-state index contributed by atoms with van der Waals surface area (Å²) >= 11 is 0. The molecule has 1 fully saturated rings. The third kappa shape index (κ3) is 2.51. The van der Waals surface area contributed by atoms with E-state index in [0.29, 0.717) is 17.0 Å². The van der Waals surface area contributed by atoms with E-state index < -0.39 is 28.4 Å². The maximum atomic E-state index is 13.3. The van der Waals surface area contributed by atoms with Crippen LogP contribution in [0.5, 0.6) is 0 Å². The SMILES string of the molecule is CC(C)=NOC1(ON=C(C)C)N=C(N)C2(C#N)C(C(=O)c3ccccc3)C12C#N. The minimum atomic E-state index is -2.16. The Labute approximate surface area is 168 Å². The van der Waals surface area contributed by atoms with Crippen molar-refractivity contribution in [2.75, 3.05) is 0 Å². The first kappa shape index (κ1) is 20.0. The zero-order chi connectivity index (χ0) is 21.4. The molecule has 1 saturated carbocycles. The van der Waals surface area contributed by atoms with Gasteiger partial charge in [-0.15, -0.1) is 0 Å². The largest absolute Gasteiger partial charge is 0.421 e. The molecule has 3 unspecified atom stereocenters. The number of nitriles is 2. The smallest absolute Gasteiger partial charge is 0.386 e. The number of aliphatic imine (C=N–C) groups is 1. The maximum Gasteiger partial charge on any atom is 0.421 e. The fourth-order valence-corrected chi connectivity index (χ4v) is 3.69. The van der Waals surface area contributed by atoms with Crippen LogP contribution in [0.1, 0.15) is 38.1 Å². The summed E-state index contributed by atoms with van der Waals surface area (Å²) in [5, 5.41) is 27.9. The molecule has 2 N–H and O–H groups in total. The van der Waals surface area contributed by atoms with Crippen molar-refractivity contribution in [2.45, 2.75) is 33.6 Å². The van der Waals surface area contributed by atoms with Gasteiger partial charge in [0.1, 0.15) is 5.84 Å². The second-order valence-electron chi connectivity index (χ2n) is 7.34. The Hall–Kier alpha value is -3.72. The first-order valence-corrected chi connectivity index (χ1v) is 8.88. The van der Waals surface area contributed by atoms with Gasteiger partial charge in [-0.05, 0) is 27.7 Å². The standard InChI is InChI=1S/C20H20N6O3/c1-12(2)25-28-20(29-26-13(3)4)19(11-22)16(18(19,10-21)17(23)24-20)15(27)14-8-6-5-7-9-14/h5-9,16H,1-4H3,(H2,23,24). The summed E-state index contributed by atoms with van der Waals surface area (Å²) in [6.07, 6.45) is 0. The number of fused-ring (bicyclic) bond motifs is 1. The van der Waals surface area contributed by atoms with Crippen molar-refractivity contribution < 1.29 is 14.5 Å². The van der Waals surface area contributed by atoms with Crippen molar-refractivity contribution in [3.8, 4) is 12.1 Å². The number of hydrogen-bond donors (Lipinski definition) is 1. The van der Waals surface area contributed by atoms with E-state index in [2.05, 4.69) is 15.3 Å². The lowest BCUT2D eigenvalue weighted by Crippen LogP contribution is -2.42. The molecular formula is C20H20N6O3. The number of nitrogens with two attached hydrogens (primary N) is 1. The van der Waals surface area contributed by atoms with Crippen LogP contribution in [0.15, 0.2) is 45.6 Å². The molecule has 0 saturated heterocycles. The molecule has 0 bridgehead atoms. The molecule has 9 heteroatoms. The van der Waals surface area contributed by atoms with E-state index in [4.69, 9.17) is 15.4 Å². The van der Waals surface area contributed by atoms with E-state index in [-0.39, 0.29) is 5.84 Å². The molecule has 0 amide bonds. The van der Waals surface area contributed by atoms with Crippen LogP contribution in [0.3, 0.4) is 0 Å². The summed E-state index contributed by atoms with van der Waals surface area (Å²) in [4.78, 5) is 28.5. The van der Waals surface area contributed by atoms with Crippen LogP contribution in [0.2, 0.25) is 0 Å². The van der Waals surface area contributed by atoms with Gasteiger partial charge >= 0.3 is 5.91 Å². The molecule has 3 atom stereocenters. The van der Waals surface area contributed by atoms with Gasteiger partial charge in [0.25, 0.3) is 0 Å². The number of rotatable bonds is 6. The monoisotopic (exact) mass is 392 g/mol. The third-order valence-corrected chi connectivity index (χ3v) is 4.95. The zero-order valence-corrected chi connectivity index (χ0v) is 16.5. The molecular weight excluding hydrogens is 372 g/mol. The van der Waals surface area contributed by atoms with Crippen LogP contribution in [-0.2, 0) is 9.68 Å². The lowest BCUT2D eigenvalue weighted by atomic mass is 9.94. The average Bonchev–Trinajstić information content (AvgIpc) is 3.28. The molecule has 1 heterocycles. The normalized spacial score (nSPS) is 27.9. The van der Waals surface area contributed by atoms with Gasteiger partial charge in [-0.25, -0.2) is 0 Å². The van der Waals surface area contributed by atoms with Crippen LogP contribution in [-0.4, -0.2) is 29.0 Å². The highest BCUT2D eigenvalue weighted by Crippen LogP contribution is 2.78. The highest BCUT2D eigenvalue weighted by Gasteiger charge is 2.97. The summed E-state index contributed by atoms with van der Waals surface area (Å²) in [5.41, 5.74) is 3.89. The minimum Gasteiger partial charge on any atom is -0.386 e. The highest BCUT2D eigenvalue weighted by atomic mass is 16.8. The van der Waals surface area contributed by atoms with Gasteiger partial charge in [0.2, 0.25) is 5.41 Å². The first-order chi connectivity index (χ1) is 13.7. The van der Waals surface area contributed by atoms with Crippen LogP contribution in [0.25, 0.3) is 0 Å². The van der Waals surface area contributed by atoms with Gasteiger partial charge in [-0.2, -0.15) is 15.5 Å². The number of nitrogens with zero attached hydrogens (tertiary/aromatic N) is 5. The number of carbonyl (C=O) groups excluding carboxylic acids is 1. The van der Waals surface area contributed by atoms with Crippen molar-refractivity contribution in [2.24, 2.45) is 37.8 Å². The fraction of sp³-hybridized carbons (Fsp3) is 0.400. The number of benzene rings is 1. The number of amidine groups is 1. The van der Waals surface area contributed by atoms with Crippen molar-refractivity contribution in [1.82, 2.24) is 0 Å². The van der Waals surface area contributed by atoms with Crippen molar-refractivity contribution >= 4 is 23.0 Å². The van der Waals surface area contributed by atoms with Crippen LogP contribution in [0, 0.1) is 39.4 Å². The third-order valence-electron chi connectivity index (χ3n) is 4.95.